The first kappa shape index (κ1) is 26.1. The summed E-state index contributed by atoms with van der Waals surface area (Å²) in [5.41, 5.74) is 8.61. The Kier molecular flexibility index (Phi) is 7.12. The number of carbonyl (C=O) groups is 2. The molecule has 0 saturated carbocycles. The number of rotatable bonds is 3. The number of imidazole rings is 1. The molecule has 2 aromatic carbocycles. The smallest absolute Gasteiger partial charge is 0.316 e. The molecule has 11 heteroatoms. The number of benzene rings is 2. The number of hydrogen-bond acceptors (Lipinski definition) is 4. The number of halogens is 3. The summed E-state index contributed by atoms with van der Waals surface area (Å²) in [6.45, 7) is 1.82. The van der Waals surface area contributed by atoms with E-state index in [2.05, 4.69) is 25.6 Å². The maximum absolute atomic E-state index is 14.5. The Morgan fingerprint density at radius 1 is 1.13 bits per heavy atom. The highest BCUT2D eigenvalue weighted by Gasteiger charge is 2.21. The standard InChI is InChI=1S/C28H23ClF2N6O2/c1-14-3-2-4-18(21-10-5-15(12-33-21)24-20(30)9-8-19(29)25(24)31)26-34-13-23(36-26)17-7-6-16(35-28(32)39)11-22(17)37-27(14)38/h4-14H,2-3H2,1H3,(H,34,36)(H,37,38)(H3,32,35,39)/b18-4-. The van der Waals surface area contributed by atoms with Gasteiger partial charge in [0.1, 0.15) is 11.6 Å². The predicted molar refractivity (Wildman–Crippen MR) is 146 cm³/mol. The maximum atomic E-state index is 14.5. The maximum Gasteiger partial charge on any atom is 0.316 e. The zero-order valence-corrected chi connectivity index (χ0v) is 21.4. The average Bonchev–Trinajstić information content (AvgIpc) is 3.38. The third-order valence-corrected chi connectivity index (χ3v) is 6.73. The lowest BCUT2D eigenvalue weighted by Crippen LogP contribution is -2.22. The van der Waals surface area contributed by atoms with Gasteiger partial charge in [-0.05, 0) is 49.2 Å². The number of anilines is 2. The van der Waals surface area contributed by atoms with Crippen LogP contribution in [0, 0.1) is 17.6 Å². The normalized spacial score (nSPS) is 16.7. The van der Waals surface area contributed by atoms with Crippen molar-refractivity contribution in [1.29, 1.82) is 0 Å². The van der Waals surface area contributed by atoms with E-state index in [1.54, 1.807) is 36.5 Å². The molecule has 0 radical (unpaired) electrons. The van der Waals surface area contributed by atoms with Crippen LogP contribution in [0.25, 0.3) is 28.0 Å². The van der Waals surface area contributed by atoms with E-state index in [1.807, 2.05) is 13.0 Å². The summed E-state index contributed by atoms with van der Waals surface area (Å²) in [5.74, 6) is -1.58. The van der Waals surface area contributed by atoms with Gasteiger partial charge in [-0.3, -0.25) is 9.78 Å². The van der Waals surface area contributed by atoms with Crippen molar-refractivity contribution in [3.63, 3.8) is 0 Å². The van der Waals surface area contributed by atoms with Gasteiger partial charge in [-0.25, -0.2) is 18.6 Å². The van der Waals surface area contributed by atoms with Crippen LogP contribution in [0.2, 0.25) is 5.02 Å². The first-order chi connectivity index (χ1) is 18.7. The molecule has 0 aliphatic carbocycles. The van der Waals surface area contributed by atoms with Gasteiger partial charge < -0.3 is 21.4 Å². The van der Waals surface area contributed by atoms with E-state index in [0.717, 1.165) is 12.1 Å². The number of fused-ring (bicyclic) bond motifs is 4. The second-order valence-electron chi connectivity index (χ2n) is 9.13. The molecule has 0 saturated heterocycles. The number of nitrogens with zero attached hydrogens (tertiary/aromatic N) is 2. The molecule has 2 aromatic heterocycles. The molecule has 3 heterocycles. The van der Waals surface area contributed by atoms with Crippen LogP contribution in [0.4, 0.5) is 25.0 Å². The summed E-state index contributed by atoms with van der Waals surface area (Å²) in [7, 11) is 0. The number of amides is 3. The van der Waals surface area contributed by atoms with Gasteiger partial charge >= 0.3 is 6.03 Å². The van der Waals surface area contributed by atoms with Gasteiger partial charge in [-0.1, -0.05) is 30.7 Å². The van der Waals surface area contributed by atoms with E-state index < -0.39 is 17.7 Å². The number of H-pyrrole nitrogens is 1. The third kappa shape index (κ3) is 5.37. The number of nitrogens with one attached hydrogen (secondary N) is 3. The highest BCUT2D eigenvalue weighted by molar-refractivity contribution is 6.31. The molecule has 0 spiro atoms. The molecule has 0 fully saturated rings. The van der Waals surface area contributed by atoms with Crippen molar-refractivity contribution in [1.82, 2.24) is 15.0 Å². The van der Waals surface area contributed by atoms with E-state index >= 15 is 0 Å². The lowest BCUT2D eigenvalue weighted by Gasteiger charge is -2.16. The minimum Gasteiger partial charge on any atom is -0.351 e. The first-order valence-electron chi connectivity index (χ1n) is 12.1. The minimum atomic E-state index is -0.854. The highest BCUT2D eigenvalue weighted by Crippen LogP contribution is 2.34. The van der Waals surface area contributed by atoms with E-state index in [0.29, 0.717) is 52.6 Å². The van der Waals surface area contributed by atoms with Gasteiger partial charge in [-0.2, -0.15) is 0 Å². The Balaban J connectivity index is 1.56. The van der Waals surface area contributed by atoms with Crippen LogP contribution in [0.1, 0.15) is 31.3 Å². The number of primary amides is 1. The van der Waals surface area contributed by atoms with Crippen LogP contribution in [0.5, 0.6) is 0 Å². The Morgan fingerprint density at radius 2 is 1.95 bits per heavy atom. The SMILES string of the molecule is CC1CC/C=C(/c2ccc(-c3c(F)ccc(Cl)c3F)cn2)c2ncc([nH]2)-c2ccc(NC(N)=O)cc2NC1=O. The van der Waals surface area contributed by atoms with Crippen molar-refractivity contribution in [3.8, 4) is 22.4 Å². The Labute approximate surface area is 227 Å². The molecule has 1 aliphatic rings. The molecular weight excluding hydrogens is 526 g/mol. The van der Waals surface area contributed by atoms with Crippen LogP contribution < -0.4 is 16.4 Å². The van der Waals surface area contributed by atoms with E-state index in [-0.39, 0.29) is 28.0 Å². The Hall–Kier alpha value is -4.57. The summed E-state index contributed by atoms with van der Waals surface area (Å²) < 4.78 is 28.9. The molecule has 1 unspecified atom stereocenters. The van der Waals surface area contributed by atoms with Crippen molar-refractivity contribution in [3.05, 3.63) is 89.1 Å². The van der Waals surface area contributed by atoms with Crippen molar-refractivity contribution >= 4 is 40.5 Å². The van der Waals surface area contributed by atoms with Crippen LogP contribution in [0.15, 0.2) is 60.9 Å². The van der Waals surface area contributed by atoms with E-state index in [9.17, 15) is 18.4 Å². The molecule has 3 amide bonds. The summed E-state index contributed by atoms with van der Waals surface area (Å²) in [6.07, 6.45) is 6.01. The molecule has 1 atom stereocenters. The zero-order valence-electron chi connectivity index (χ0n) is 20.7. The van der Waals surface area contributed by atoms with Gasteiger partial charge in [0.25, 0.3) is 0 Å². The molecule has 2 bridgehead atoms. The topological polar surface area (TPSA) is 126 Å². The molecule has 8 nitrogen and oxygen atoms in total. The number of hydrogen-bond donors (Lipinski definition) is 4. The average molecular weight is 549 g/mol. The number of carbonyl (C=O) groups excluding carboxylic acids is 2. The number of pyridine rings is 1. The van der Waals surface area contributed by atoms with Crippen molar-refractivity contribution < 1.29 is 18.4 Å². The van der Waals surface area contributed by atoms with Gasteiger partial charge in [-0.15, -0.1) is 0 Å². The predicted octanol–water partition coefficient (Wildman–Crippen LogP) is 6.36. The summed E-state index contributed by atoms with van der Waals surface area (Å²) in [4.78, 5) is 36.6. The van der Waals surface area contributed by atoms with Crippen LogP contribution in [0.3, 0.4) is 0 Å². The van der Waals surface area contributed by atoms with E-state index in [1.165, 1.54) is 6.20 Å². The highest BCUT2D eigenvalue weighted by atomic mass is 35.5. The third-order valence-electron chi connectivity index (χ3n) is 6.43. The van der Waals surface area contributed by atoms with Gasteiger partial charge in [0.2, 0.25) is 5.91 Å². The summed E-state index contributed by atoms with van der Waals surface area (Å²) in [5, 5.41) is 5.26. The first-order valence-corrected chi connectivity index (χ1v) is 12.5. The summed E-state index contributed by atoms with van der Waals surface area (Å²) in [6, 6.07) is 9.80. The van der Waals surface area contributed by atoms with Crippen molar-refractivity contribution in [2.75, 3.05) is 10.6 Å². The van der Waals surface area contributed by atoms with Gasteiger partial charge in [0, 0.05) is 34.5 Å². The molecular formula is C28H23ClF2N6O2. The van der Waals surface area contributed by atoms with Crippen molar-refractivity contribution in [2.24, 2.45) is 11.7 Å². The van der Waals surface area contributed by atoms with Crippen LogP contribution in [-0.2, 0) is 4.79 Å². The molecule has 1 aliphatic heterocycles. The number of allylic oxidation sites excluding steroid dienone is 1. The fraction of sp³-hybridized carbons (Fsp3) is 0.143. The van der Waals surface area contributed by atoms with Crippen molar-refractivity contribution in [2.45, 2.75) is 19.8 Å². The van der Waals surface area contributed by atoms with Crippen LogP contribution in [-0.4, -0.2) is 26.9 Å². The monoisotopic (exact) mass is 548 g/mol. The molecule has 5 rings (SSSR count). The molecule has 198 valence electrons. The molecule has 39 heavy (non-hydrogen) atoms. The van der Waals surface area contributed by atoms with Gasteiger partial charge in [0.05, 0.1) is 33.9 Å². The van der Waals surface area contributed by atoms with E-state index in [4.69, 9.17) is 17.3 Å². The molecule has 5 N–H and O–H groups in total. The zero-order chi connectivity index (χ0) is 27.7. The fourth-order valence-corrected chi connectivity index (χ4v) is 4.54. The second-order valence-corrected chi connectivity index (χ2v) is 9.54. The second kappa shape index (κ2) is 10.7. The lowest BCUT2D eigenvalue weighted by molar-refractivity contribution is -0.119. The lowest BCUT2D eigenvalue weighted by atomic mass is 10.00. The summed E-state index contributed by atoms with van der Waals surface area (Å²) >= 11 is 5.85. The number of aromatic amines is 1. The van der Waals surface area contributed by atoms with Crippen LogP contribution >= 0.6 is 11.6 Å². The number of aromatic nitrogens is 3. The number of nitrogens with two attached hydrogens (primary N) is 1. The minimum absolute atomic E-state index is 0.184. The Morgan fingerprint density at radius 3 is 2.69 bits per heavy atom. The Bertz CT molecular complexity index is 1620. The number of urea groups is 1. The fourth-order valence-electron chi connectivity index (χ4n) is 4.38. The van der Waals surface area contributed by atoms with Gasteiger partial charge in [0.15, 0.2) is 5.82 Å². The quantitative estimate of drug-likeness (QED) is 0.222. The largest absolute Gasteiger partial charge is 0.351 e. The molecule has 4 aromatic rings.